The van der Waals surface area contributed by atoms with Crippen LogP contribution in [-0.4, -0.2) is 0 Å². The van der Waals surface area contributed by atoms with Gasteiger partial charge in [-0.2, -0.15) is 0 Å². The molecule has 0 rings (SSSR count). The second-order valence-electron chi connectivity index (χ2n) is 7.50. The average molecular weight is 367 g/mol. The Hall–Kier alpha value is -0.0900. The number of rotatable bonds is 20. The smallest absolute Gasteiger partial charge is 0.0347 e. The lowest BCUT2D eigenvalue weighted by Crippen LogP contribution is -1.79. The molecule has 0 unspecified atom stereocenters. The maximum absolute atomic E-state index is 2.40. The van der Waals surface area contributed by atoms with Crippen LogP contribution in [-0.2, 0) is 0 Å². The van der Waals surface area contributed by atoms with Crippen LogP contribution in [0.4, 0.5) is 0 Å². The lowest BCUT2D eigenvalue weighted by molar-refractivity contribution is 0.577. The quantitative estimate of drug-likeness (QED) is 0.148. The van der Waals surface area contributed by atoms with Gasteiger partial charge in [0.05, 0.1) is 0 Å². The van der Waals surface area contributed by atoms with Gasteiger partial charge >= 0.3 is 0 Å². The Morgan fingerprint density at radius 3 is 1.12 bits per heavy atom. The van der Waals surface area contributed by atoms with E-state index in [9.17, 15) is 0 Å². The van der Waals surface area contributed by atoms with Gasteiger partial charge in [-0.25, -0.2) is 0 Å². The van der Waals surface area contributed by atoms with Crippen LogP contribution in [0.15, 0.2) is 23.8 Å². The summed E-state index contributed by atoms with van der Waals surface area (Å²) in [5, 5.41) is 0. The van der Waals surface area contributed by atoms with Crippen molar-refractivity contribution in [2.24, 2.45) is 0 Å². The summed E-state index contributed by atoms with van der Waals surface area (Å²) in [4.78, 5) is 0. The zero-order chi connectivity index (χ0) is 18.3. The Kier molecular flexibility index (Phi) is 23.8. The lowest BCUT2D eigenvalue weighted by Gasteiger charge is -2.00. The van der Waals surface area contributed by atoms with Crippen molar-refractivity contribution in [3.05, 3.63) is 23.8 Å². The molecule has 0 atom stereocenters. The molecule has 0 fully saturated rings. The molecule has 0 aliphatic rings. The summed E-state index contributed by atoms with van der Waals surface area (Å²) in [5.74, 6) is 4.76. The van der Waals surface area contributed by atoms with Gasteiger partial charge in [0.1, 0.15) is 0 Å². The highest BCUT2D eigenvalue weighted by molar-refractivity contribution is 7.45. The molecule has 0 heterocycles. The molecule has 148 valence electrons. The second kappa shape index (κ2) is 23.9. The van der Waals surface area contributed by atoms with Crippen LogP contribution in [0.5, 0.6) is 0 Å². The molecular weight excluding hydrogens is 319 g/mol. The van der Waals surface area contributed by atoms with Gasteiger partial charge in [-0.3, -0.25) is 0 Å². The molecule has 0 aliphatic carbocycles. The summed E-state index contributed by atoms with van der Waals surface area (Å²) in [5.41, 5.74) is 0. The van der Waals surface area contributed by atoms with E-state index in [1.807, 2.05) is 0 Å². The predicted molar refractivity (Wildman–Crippen MR) is 121 cm³/mol. The highest BCUT2D eigenvalue weighted by Crippen LogP contribution is 2.17. The minimum Gasteiger partial charge on any atom is -0.0840 e. The Labute approximate surface area is 162 Å². The lowest BCUT2D eigenvalue weighted by atomic mass is 10.1. The van der Waals surface area contributed by atoms with Crippen molar-refractivity contribution in [2.75, 3.05) is 0 Å². The Morgan fingerprint density at radius 1 is 0.440 bits per heavy atom. The molecule has 0 saturated carbocycles. The summed E-state index contributed by atoms with van der Waals surface area (Å²) in [6, 6.07) is 0. The van der Waals surface area contributed by atoms with Crippen LogP contribution in [0.1, 0.15) is 129 Å². The van der Waals surface area contributed by atoms with Crippen LogP contribution >= 0.6 is 8.58 Å². The van der Waals surface area contributed by atoms with Crippen LogP contribution < -0.4 is 0 Å². The molecule has 0 bridgehead atoms. The van der Waals surface area contributed by atoms with Gasteiger partial charge in [-0.05, 0) is 25.7 Å². The van der Waals surface area contributed by atoms with Crippen molar-refractivity contribution in [3.63, 3.8) is 0 Å². The van der Waals surface area contributed by atoms with Crippen molar-refractivity contribution in [3.8, 4) is 0 Å². The molecule has 0 amide bonds. The molecule has 0 aromatic carbocycles. The Balaban J connectivity index is 3.14. The maximum Gasteiger partial charge on any atom is -0.0347 e. The molecule has 0 nitrogen and oxygen atoms in total. The molecule has 0 N–H and O–H groups in total. The van der Waals surface area contributed by atoms with E-state index in [2.05, 4.69) is 37.6 Å². The van der Waals surface area contributed by atoms with Crippen LogP contribution in [0.2, 0.25) is 0 Å². The van der Waals surface area contributed by atoms with Crippen LogP contribution in [0.25, 0.3) is 0 Å². The third-order valence-corrected chi connectivity index (χ3v) is 5.73. The third kappa shape index (κ3) is 23.9. The van der Waals surface area contributed by atoms with Crippen LogP contribution in [0.3, 0.4) is 0 Å². The topological polar surface area (TPSA) is 0 Å². The minimum absolute atomic E-state index is 0.895. The molecule has 0 aromatic heterocycles. The monoisotopic (exact) mass is 366 g/mol. The predicted octanol–water partition coefficient (Wildman–Crippen LogP) is 9.75. The highest BCUT2D eigenvalue weighted by atomic mass is 31.1. The first-order valence-corrected chi connectivity index (χ1v) is 12.6. The summed E-state index contributed by atoms with van der Waals surface area (Å²) in [6.45, 7) is 4.58. The zero-order valence-corrected chi connectivity index (χ0v) is 18.5. The van der Waals surface area contributed by atoms with E-state index >= 15 is 0 Å². The number of hydrogen-bond donors (Lipinski definition) is 0. The SMILES string of the molecule is CCCCCCCCCC/C=C/P/C=C/CCCCCCCCCC. The highest BCUT2D eigenvalue weighted by Gasteiger charge is 1.91. The zero-order valence-electron chi connectivity index (χ0n) is 17.5. The molecule has 0 spiro atoms. The van der Waals surface area contributed by atoms with Gasteiger partial charge < -0.3 is 0 Å². The largest absolute Gasteiger partial charge is 0.0840 e. The molecule has 25 heavy (non-hydrogen) atoms. The van der Waals surface area contributed by atoms with Crippen molar-refractivity contribution in [2.45, 2.75) is 129 Å². The first-order chi connectivity index (χ1) is 12.4. The molecule has 1 heteroatoms. The standard InChI is InChI=1S/C24H47P/c1-3-5-7-9-11-13-15-17-19-21-23-25-24-22-20-18-16-14-12-10-8-6-4-2/h21-25H,3-20H2,1-2H3/b23-21+,24-22+. The molecule has 0 aliphatic heterocycles. The fourth-order valence-corrected chi connectivity index (χ4v) is 3.87. The molecule has 0 saturated heterocycles. The fourth-order valence-electron chi connectivity index (χ4n) is 3.15. The summed E-state index contributed by atoms with van der Waals surface area (Å²) in [7, 11) is 0.895. The van der Waals surface area contributed by atoms with Crippen molar-refractivity contribution in [1.82, 2.24) is 0 Å². The van der Waals surface area contributed by atoms with Gasteiger partial charge in [-0.15, -0.1) is 0 Å². The Morgan fingerprint density at radius 2 is 0.760 bits per heavy atom. The van der Waals surface area contributed by atoms with Gasteiger partial charge in [0.15, 0.2) is 0 Å². The average Bonchev–Trinajstić information content (AvgIpc) is 2.63. The normalized spacial score (nSPS) is 11.9. The van der Waals surface area contributed by atoms with Gasteiger partial charge in [-0.1, -0.05) is 136 Å². The summed E-state index contributed by atoms with van der Waals surface area (Å²) >= 11 is 0. The van der Waals surface area contributed by atoms with Crippen molar-refractivity contribution < 1.29 is 0 Å². The minimum atomic E-state index is 0.895. The fraction of sp³-hybridized carbons (Fsp3) is 0.833. The first-order valence-electron chi connectivity index (χ1n) is 11.5. The first kappa shape index (κ1) is 24.9. The van der Waals surface area contributed by atoms with Crippen molar-refractivity contribution in [1.29, 1.82) is 0 Å². The van der Waals surface area contributed by atoms with E-state index in [1.54, 1.807) is 0 Å². The van der Waals surface area contributed by atoms with E-state index in [0.717, 1.165) is 8.58 Å². The van der Waals surface area contributed by atoms with E-state index < -0.39 is 0 Å². The van der Waals surface area contributed by atoms with E-state index in [0.29, 0.717) is 0 Å². The summed E-state index contributed by atoms with van der Waals surface area (Å²) < 4.78 is 0. The number of allylic oxidation sites excluding steroid dienone is 2. The van der Waals surface area contributed by atoms with Gasteiger partial charge in [0, 0.05) is 0 Å². The van der Waals surface area contributed by atoms with Crippen molar-refractivity contribution >= 4 is 8.58 Å². The van der Waals surface area contributed by atoms with E-state index in [1.165, 1.54) is 116 Å². The van der Waals surface area contributed by atoms with Gasteiger partial charge in [0.25, 0.3) is 0 Å². The Bertz CT molecular complexity index is 252. The summed E-state index contributed by atoms with van der Waals surface area (Å²) in [6.07, 6.45) is 30.2. The third-order valence-electron chi connectivity index (χ3n) is 4.88. The number of unbranched alkanes of at least 4 members (excludes halogenated alkanes) is 16. The van der Waals surface area contributed by atoms with E-state index in [4.69, 9.17) is 0 Å². The van der Waals surface area contributed by atoms with Crippen LogP contribution in [0, 0.1) is 0 Å². The molecule has 0 radical (unpaired) electrons. The molecular formula is C24H47P. The maximum atomic E-state index is 2.40. The number of hydrogen-bond acceptors (Lipinski definition) is 0. The van der Waals surface area contributed by atoms with E-state index in [-0.39, 0.29) is 0 Å². The van der Waals surface area contributed by atoms with Gasteiger partial charge in [0.2, 0.25) is 0 Å². The second-order valence-corrected chi connectivity index (χ2v) is 8.50. The molecule has 0 aromatic rings.